The molecule has 2 heterocycles. The summed E-state index contributed by atoms with van der Waals surface area (Å²) in [6, 6.07) is 17.9. The van der Waals surface area contributed by atoms with Crippen LogP contribution < -0.4 is 0 Å². The molecule has 4 aromatic rings. The van der Waals surface area contributed by atoms with Gasteiger partial charge in [0.25, 0.3) is 0 Å². The smallest absolute Gasteiger partial charge is 0.335 e. The molecule has 6 heteroatoms. The van der Waals surface area contributed by atoms with Crippen molar-refractivity contribution in [3.63, 3.8) is 0 Å². The zero-order valence-electron chi connectivity index (χ0n) is 14.4. The van der Waals surface area contributed by atoms with Crippen molar-refractivity contribution in [2.24, 2.45) is 0 Å². The van der Waals surface area contributed by atoms with E-state index in [2.05, 4.69) is 5.10 Å². The van der Waals surface area contributed by atoms with Gasteiger partial charge in [-0.3, -0.25) is 0 Å². The maximum absolute atomic E-state index is 11.0. The Morgan fingerprint density at radius 3 is 2.48 bits per heavy atom. The van der Waals surface area contributed by atoms with Crippen LogP contribution in [0.15, 0.2) is 71.3 Å². The number of nitrogens with zero attached hydrogens (tertiary/aromatic N) is 2. The minimum Gasteiger partial charge on any atom is -0.478 e. The van der Waals surface area contributed by atoms with Gasteiger partial charge < -0.3 is 9.52 Å². The minimum absolute atomic E-state index is 0.236. The van der Waals surface area contributed by atoms with E-state index in [1.54, 1.807) is 35.1 Å². The third-order valence-electron chi connectivity index (χ3n) is 4.27. The molecule has 2 aromatic heterocycles. The van der Waals surface area contributed by atoms with Gasteiger partial charge in [0.1, 0.15) is 11.5 Å². The molecular weight excluding hydrogens is 364 g/mol. The number of aromatic nitrogens is 2. The summed E-state index contributed by atoms with van der Waals surface area (Å²) in [6.45, 7) is 1.95. The predicted molar refractivity (Wildman–Crippen MR) is 103 cm³/mol. The van der Waals surface area contributed by atoms with Crippen molar-refractivity contribution < 1.29 is 14.3 Å². The van der Waals surface area contributed by atoms with Gasteiger partial charge in [0.2, 0.25) is 0 Å². The van der Waals surface area contributed by atoms with Gasteiger partial charge in [-0.15, -0.1) is 0 Å². The lowest BCUT2D eigenvalue weighted by Gasteiger charge is -2.02. The molecule has 0 aliphatic carbocycles. The van der Waals surface area contributed by atoms with E-state index in [9.17, 15) is 4.79 Å². The molecule has 134 valence electrons. The maximum atomic E-state index is 11.0. The zero-order chi connectivity index (χ0) is 19.0. The molecule has 0 fully saturated rings. The van der Waals surface area contributed by atoms with Crippen molar-refractivity contribution in [1.29, 1.82) is 0 Å². The minimum atomic E-state index is -0.955. The summed E-state index contributed by atoms with van der Waals surface area (Å²) in [6.07, 6.45) is 1.81. The zero-order valence-corrected chi connectivity index (χ0v) is 15.1. The number of carboxylic acids is 1. The van der Waals surface area contributed by atoms with Crippen molar-refractivity contribution in [2.75, 3.05) is 0 Å². The van der Waals surface area contributed by atoms with Gasteiger partial charge in [0, 0.05) is 16.8 Å². The van der Waals surface area contributed by atoms with Crippen LogP contribution in [0.1, 0.15) is 15.9 Å². The lowest BCUT2D eigenvalue weighted by molar-refractivity contribution is 0.0697. The topological polar surface area (TPSA) is 68.3 Å². The standard InChI is InChI=1S/C21H15ClN2O3/c1-13-12-15(4-7-17(13)22)19-8-9-20(27-19)18-10-11-24(23-18)16-5-2-14(3-6-16)21(25)26/h2-12H,1H3,(H,25,26). The Morgan fingerprint density at radius 1 is 1.04 bits per heavy atom. The summed E-state index contributed by atoms with van der Waals surface area (Å²) in [5.41, 5.74) is 3.63. The molecule has 4 rings (SSSR count). The molecule has 5 nitrogen and oxygen atoms in total. The summed E-state index contributed by atoms with van der Waals surface area (Å²) in [4.78, 5) is 11.0. The van der Waals surface area contributed by atoms with Crippen LogP contribution in [0.4, 0.5) is 0 Å². The Kier molecular flexibility index (Phi) is 4.30. The fraction of sp³-hybridized carbons (Fsp3) is 0.0476. The Balaban J connectivity index is 1.61. The van der Waals surface area contributed by atoms with Gasteiger partial charge in [-0.1, -0.05) is 11.6 Å². The summed E-state index contributed by atoms with van der Waals surface area (Å²) in [5, 5.41) is 14.2. The van der Waals surface area contributed by atoms with E-state index >= 15 is 0 Å². The molecule has 2 aromatic carbocycles. The van der Waals surface area contributed by atoms with E-state index in [0.717, 1.165) is 27.6 Å². The van der Waals surface area contributed by atoms with Crippen LogP contribution in [-0.2, 0) is 0 Å². The molecule has 0 radical (unpaired) electrons. The average molecular weight is 379 g/mol. The van der Waals surface area contributed by atoms with Crippen LogP contribution >= 0.6 is 11.6 Å². The Morgan fingerprint density at radius 2 is 1.78 bits per heavy atom. The number of carboxylic acid groups (broad SMARTS) is 1. The second-order valence-corrected chi connectivity index (χ2v) is 6.53. The van der Waals surface area contributed by atoms with Crippen LogP contribution in [0.2, 0.25) is 5.02 Å². The number of hydrogen-bond donors (Lipinski definition) is 1. The van der Waals surface area contributed by atoms with Crippen LogP contribution in [0.25, 0.3) is 28.5 Å². The first-order valence-corrected chi connectivity index (χ1v) is 8.65. The fourth-order valence-corrected chi connectivity index (χ4v) is 2.90. The van der Waals surface area contributed by atoms with Gasteiger partial charge in [-0.25, -0.2) is 9.48 Å². The summed E-state index contributed by atoms with van der Waals surface area (Å²) < 4.78 is 7.63. The molecule has 0 unspecified atom stereocenters. The number of furan rings is 1. The number of aryl methyl sites for hydroxylation is 1. The third-order valence-corrected chi connectivity index (χ3v) is 4.69. The first-order valence-electron chi connectivity index (χ1n) is 8.27. The second-order valence-electron chi connectivity index (χ2n) is 6.13. The molecule has 0 aliphatic rings. The Bertz CT molecular complexity index is 1130. The number of aromatic carboxylic acids is 1. The first kappa shape index (κ1) is 17.1. The molecule has 1 N–H and O–H groups in total. The molecule has 0 saturated heterocycles. The fourth-order valence-electron chi connectivity index (χ4n) is 2.78. The van der Waals surface area contributed by atoms with E-state index in [1.165, 1.54) is 0 Å². The van der Waals surface area contributed by atoms with Crippen molar-refractivity contribution >= 4 is 17.6 Å². The van der Waals surface area contributed by atoms with Crippen LogP contribution in [0.5, 0.6) is 0 Å². The molecule has 0 bridgehead atoms. The molecule has 0 spiro atoms. The number of benzene rings is 2. The third kappa shape index (κ3) is 3.37. The summed E-state index contributed by atoms with van der Waals surface area (Å²) in [7, 11) is 0. The number of carbonyl (C=O) groups is 1. The molecule has 0 atom stereocenters. The highest BCUT2D eigenvalue weighted by Gasteiger charge is 2.11. The predicted octanol–water partition coefficient (Wildman–Crippen LogP) is 5.46. The highest BCUT2D eigenvalue weighted by atomic mass is 35.5. The van der Waals surface area contributed by atoms with Crippen molar-refractivity contribution in [3.8, 4) is 28.5 Å². The monoisotopic (exact) mass is 378 g/mol. The van der Waals surface area contributed by atoms with Gasteiger partial charge in [-0.2, -0.15) is 5.10 Å². The van der Waals surface area contributed by atoms with Crippen molar-refractivity contribution in [2.45, 2.75) is 6.92 Å². The Hall–Kier alpha value is -3.31. The molecule has 0 saturated carbocycles. The summed E-state index contributed by atoms with van der Waals surface area (Å²) in [5.74, 6) is 0.437. The molecule has 27 heavy (non-hydrogen) atoms. The Labute approximate surface area is 160 Å². The van der Waals surface area contributed by atoms with Crippen LogP contribution in [0, 0.1) is 6.92 Å². The number of halogens is 1. The van der Waals surface area contributed by atoms with Crippen molar-refractivity contribution in [1.82, 2.24) is 9.78 Å². The second kappa shape index (κ2) is 6.78. The summed E-state index contributed by atoms with van der Waals surface area (Å²) >= 11 is 6.08. The molecule has 0 aliphatic heterocycles. The van der Waals surface area contributed by atoms with E-state index in [4.69, 9.17) is 21.1 Å². The van der Waals surface area contributed by atoms with E-state index in [-0.39, 0.29) is 5.56 Å². The average Bonchev–Trinajstić information content (AvgIpc) is 3.33. The van der Waals surface area contributed by atoms with Crippen LogP contribution in [0.3, 0.4) is 0 Å². The van der Waals surface area contributed by atoms with E-state index in [1.807, 2.05) is 43.3 Å². The van der Waals surface area contributed by atoms with E-state index in [0.29, 0.717) is 11.5 Å². The normalized spacial score (nSPS) is 10.9. The lowest BCUT2D eigenvalue weighted by Crippen LogP contribution is -1.98. The van der Waals surface area contributed by atoms with E-state index < -0.39 is 5.97 Å². The van der Waals surface area contributed by atoms with Gasteiger partial charge in [0.05, 0.1) is 11.3 Å². The van der Waals surface area contributed by atoms with Crippen LogP contribution in [-0.4, -0.2) is 20.9 Å². The number of rotatable bonds is 4. The van der Waals surface area contributed by atoms with Gasteiger partial charge in [0.15, 0.2) is 5.76 Å². The molecule has 0 amide bonds. The largest absolute Gasteiger partial charge is 0.478 e. The SMILES string of the molecule is Cc1cc(-c2ccc(-c3ccn(-c4ccc(C(=O)O)cc4)n3)o2)ccc1Cl. The highest BCUT2D eigenvalue weighted by Crippen LogP contribution is 2.30. The first-order chi connectivity index (χ1) is 13.0. The van der Waals surface area contributed by atoms with Gasteiger partial charge >= 0.3 is 5.97 Å². The quantitative estimate of drug-likeness (QED) is 0.512. The highest BCUT2D eigenvalue weighted by molar-refractivity contribution is 6.31. The van der Waals surface area contributed by atoms with Gasteiger partial charge in [-0.05, 0) is 73.2 Å². The lowest BCUT2D eigenvalue weighted by atomic mass is 10.1. The number of hydrogen-bond acceptors (Lipinski definition) is 3. The molecular formula is C21H15ClN2O3. The maximum Gasteiger partial charge on any atom is 0.335 e. The van der Waals surface area contributed by atoms with Crippen molar-refractivity contribution in [3.05, 3.63) is 83.0 Å².